The molecule has 2 rings (SSSR count). The van der Waals surface area contributed by atoms with Gasteiger partial charge in [-0.25, -0.2) is 0 Å². The second-order valence-electron chi connectivity index (χ2n) is 6.87. The Labute approximate surface area is 107 Å². The van der Waals surface area contributed by atoms with E-state index in [1.807, 2.05) is 0 Å². The summed E-state index contributed by atoms with van der Waals surface area (Å²) in [6, 6.07) is 0.789. The molecular formula is C15H30N2. The second kappa shape index (κ2) is 4.89. The summed E-state index contributed by atoms with van der Waals surface area (Å²) < 4.78 is 0. The van der Waals surface area contributed by atoms with Gasteiger partial charge in [0.2, 0.25) is 0 Å². The van der Waals surface area contributed by atoms with E-state index in [1.54, 1.807) is 0 Å². The zero-order valence-electron chi connectivity index (χ0n) is 12.2. The maximum Gasteiger partial charge on any atom is 0.0238 e. The van der Waals surface area contributed by atoms with Crippen molar-refractivity contribution in [1.82, 2.24) is 10.2 Å². The van der Waals surface area contributed by atoms with Crippen LogP contribution < -0.4 is 5.32 Å². The van der Waals surface area contributed by atoms with Crippen molar-refractivity contribution in [2.24, 2.45) is 5.41 Å². The van der Waals surface area contributed by atoms with E-state index in [9.17, 15) is 0 Å². The van der Waals surface area contributed by atoms with E-state index in [1.165, 1.54) is 51.7 Å². The van der Waals surface area contributed by atoms with Gasteiger partial charge in [-0.05, 0) is 51.6 Å². The lowest BCUT2D eigenvalue weighted by molar-refractivity contribution is 0.0698. The van der Waals surface area contributed by atoms with Gasteiger partial charge in [0.05, 0.1) is 0 Å². The molecule has 0 saturated carbocycles. The Morgan fingerprint density at radius 3 is 2.12 bits per heavy atom. The first kappa shape index (κ1) is 13.4. The molecule has 2 saturated heterocycles. The van der Waals surface area contributed by atoms with Crippen molar-refractivity contribution in [1.29, 1.82) is 0 Å². The molecular weight excluding hydrogens is 208 g/mol. The van der Waals surface area contributed by atoms with Gasteiger partial charge in [0.1, 0.15) is 0 Å². The van der Waals surface area contributed by atoms with Crippen molar-refractivity contribution < 1.29 is 0 Å². The number of piperidine rings is 1. The molecule has 2 aliphatic heterocycles. The Kier molecular flexibility index (Phi) is 3.84. The molecule has 2 heteroatoms. The fraction of sp³-hybridized carbons (Fsp3) is 1.00. The minimum absolute atomic E-state index is 0.356. The standard InChI is InChI=1S/C15H30N2/c1-5-15(6-2)7-9-17(10-8-15)13-11-14(3,4)16-12-13/h13,16H,5-12H2,1-4H3. The van der Waals surface area contributed by atoms with Crippen molar-refractivity contribution in [2.75, 3.05) is 19.6 Å². The van der Waals surface area contributed by atoms with E-state index >= 15 is 0 Å². The SMILES string of the molecule is CCC1(CC)CCN(C2CNC(C)(C)C2)CC1. The van der Waals surface area contributed by atoms with Crippen LogP contribution in [0.1, 0.15) is 59.8 Å². The predicted molar refractivity (Wildman–Crippen MR) is 74.3 cm³/mol. The van der Waals surface area contributed by atoms with Crippen LogP contribution >= 0.6 is 0 Å². The molecule has 2 aliphatic rings. The number of nitrogens with one attached hydrogen (secondary N) is 1. The smallest absolute Gasteiger partial charge is 0.0238 e. The molecule has 100 valence electrons. The zero-order chi connectivity index (χ0) is 12.5. The van der Waals surface area contributed by atoms with Gasteiger partial charge in [0.15, 0.2) is 0 Å². The van der Waals surface area contributed by atoms with Crippen LogP contribution in [0, 0.1) is 5.41 Å². The first-order chi connectivity index (χ1) is 8.00. The molecule has 0 aromatic heterocycles. The number of hydrogen-bond acceptors (Lipinski definition) is 2. The fourth-order valence-electron chi connectivity index (χ4n) is 3.71. The summed E-state index contributed by atoms with van der Waals surface area (Å²) in [4.78, 5) is 2.74. The Morgan fingerprint density at radius 2 is 1.71 bits per heavy atom. The van der Waals surface area contributed by atoms with Crippen LogP contribution in [0.25, 0.3) is 0 Å². The van der Waals surface area contributed by atoms with E-state index < -0.39 is 0 Å². The normalized spacial score (nSPS) is 32.8. The molecule has 0 aromatic rings. The molecule has 0 radical (unpaired) electrons. The molecule has 1 unspecified atom stereocenters. The molecule has 1 atom stereocenters. The van der Waals surface area contributed by atoms with E-state index in [4.69, 9.17) is 0 Å². The van der Waals surface area contributed by atoms with Gasteiger partial charge in [0.25, 0.3) is 0 Å². The lowest BCUT2D eigenvalue weighted by Crippen LogP contribution is -2.45. The van der Waals surface area contributed by atoms with Crippen LogP contribution in [-0.4, -0.2) is 36.1 Å². The van der Waals surface area contributed by atoms with E-state index in [2.05, 4.69) is 37.9 Å². The quantitative estimate of drug-likeness (QED) is 0.813. The highest BCUT2D eigenvalue weighted by atomic mass is 15.2. The summed E-state index contributed by atoms with van der Waals surface area (Å²) in [5.74, 6) is 0. The first-order valence-corrected chi connectivity index (χ1v) is 7.49. The van der Waals surface area contributed by atoms with Gasteiger partial charge in [-0.2, -0.15) is 0 Å². The third-order valence-electron chi connectivity index (χ3n) is 5.44. The largest absolute Gasteiger partial charge is 0.310 e. The molecule has 2 fully saturated rings. The summed E-state index contributed by atoms with van der Waals surface area (Å²) in [5, 5.41) is 3.65. The topological polar surface area (TPSA) is 15.3 Å². The van der Waals surface area contributed by atoms with Crippen molar-refractivity contribution >= 4 is 0 Å². The molecule has 1 N–H and O–H groups in total. The highest BCUT2D eigenvalue weighted by Crippen LogP contribution is 2.39. The number of hydrogen-bond donors (Lipinski definition) is 1. The molecule has 0 spiro atoms. The van der Waals surface area contributed by atoms with Gasteiger partial charge in [-0.15, -0.1) is 0 Å². The number of rotatable bonds is 3. The summed E-state index contributed by atoms with van der Waals surface area (Å²) in [6.45, 7) is 13.3. The Hall–Kier alpha value is -0.0800. The highest BCUT2D eigenvalue weighted by molar-refractivity contribution is 4.96. The minimum atomic E-state index is 0.356. The summed E-state index contributed by atoms with van der Waals surface area (Å²) in [7, 11) is 0. The average Bonchev–Trinajstić information content (AvgIpc) is 2.70. The summed E-state index contributed by atoms with van der Waals surface area (Å²) in [5.41, 5.74) is 1.02. The monoisotopic (exact) mass is 238 g/mol. The lowest BCUT2D eigenvalue weighted by atomic mass is 9.74. The lowest BCUT2D eigenvalue weighted by Gasteiger charge is -2.43. The third-order valence-corrected chi connectivity index (χ3v) is 5.44. The van der Waals surface area contributed by atoms with Crippen molar-refractivity contribution in [2.45, 2.75) is 71.4 Å². The molecule has 0 aromatic carbocycles. The van der Waals surface area contributed by atoms with Gasteiger partial charge in [0, 0.05) is 18.1 Å². The van der Waals surface area contributed by atoms with Crippen LogP contribution in [0.5, 0.6) is 0 Å². The average molecular weight is 238 g/mol. The molecule has 0 aliphatic carbocycles. The summed E-state index contributed by atoms with van der Waals surface area (Å²) >= 11 is 0. The van der Waals surface area contributed by atoms with Gasteiger partial charge in [-0.1, -0.05) is 26.7 Å². The fourth-order valence-corrected chi connectivity index (χ4v) is 3.71. The van der Waals surface area contributed by atoms with E-state index in [0.29, 0.717) is 11.0 Å². The maximum atomic E-state index is 3.65. The number of nitrogens with zero attached hydrogens (tertiary/aromatic N) is 1. The van der Waals surface area contributed by atoms with E-state index in [0.717, 1.165) is 6.04 Å². The van der Waals surface area contributed by atoms with Gasteiger partial charge >= 0.3 is 0 Å². The molecule has 2 nitrogen and oxygen atoms in total. The molecule has 2 heterocycles. The van der Waals surface area contributed by atoms with Crippen LogP contribution in [0.2, 0.25) is 0 Å². The van der Waals surface area contributed by atoms with Crippen molar-refractivity contribution in [3.8, 4) is 0 Å². The van der Waals surface area contributed by atoms with Crippen LogP contribution in [0.15, 0.2) is 0 Å². The second-order valence-corrected chi connectivity index (χ2v) is 6.87. The highest BCUT2D eigenvalue weighted by Gasteiger charge is 2.38. The van der Waals surface area contributed by atoms with Crippen LogP contribution in [-0.2, 0) is 0 Å². The Balaban J connectivity index is 1.87. The first-order valence-electron chi connectivity index (χ1n) is 7.49. The molecule has 17 heavy (non-hydrogen) atoms. The minimum Gasteiger partial charge on any atom is -0.310 e. The Morgan fingerprint density at radius 1 is 1.12 bits per heavy atom. The Bertz CT molecular complexity index is 246. The maximum absolute atomic E-state index is 3.65. The van der Waals surface area contributed by atoms with Gasteiger partial charge < -0.3 is 5.32 Å². The summed E-state index contributed by atoms with van der Waals surface area (Å²) in [6.07, 6.45) is 6.88. The molecule has 0 bridgehead atoms. The van der Waals surface area contributed by atoms with E-state index in [-0.39, 0.29) is 0 Å². The molecule has 0 amide bonds. The van der Waals surface area contributed by atoms with Gasteiger partial charge in [-0.3, -0.25) is 4.90 Å². The van der Waals surface area contributed by atoms with Crippen LogP contribution in [0.4, 0.5) is 0 Å². The zero-order valence-corrected chi connectivity index (χ0v) is 12.2. The van der Waals surface area contributed by atoms with Crippen molar-refractivity contribution in [3.05, 3.63) is 0 Å². The third kappa shape index (κ3) is 2.85. The predicted octanol–water partition coefficient (Wildman–Crippen LogP) is 3.03. The van der Waals surface area contributed by atoms with Crippen LogP contribution in [0.3, 0.4) is 0 Å². The van der Waals surface area contributed by atoms with Crippen molar-refractivity contribution in [3.63, 3.8) is 0 Å². The number of likely N-dealkylation sites (tertiary alicyclic amines) is 1.